The monoisotopic (exact) mass is 373 g/mol. The van der Waals surface area contributed by atoms with E-state index in [-0.39, 0.29) is 17.4 Å². The van der Waals surface area contributed by atoms with Crippen LogP contribution in [0, 0.1) is 5.82 Å². The van der Waals surface area contributed by atoms with Crippen LogP contribution in [0.4, 0.5) is 14.9 Å². The zero-order valence-electron chi connectivity index (χ0n) is 12.8. The maximum absolute atomic E-state index is 13.0. The molecule has 1 saturated heterocycles. The molecule has 1 aliphatic heterocycles. The smallest absolute Gasteiger partial charge is 0.319 e. The molecule has 0 aromatic heterocycles. The predicted octanol–water partition coefficient (Wildman–Crippen LogP) is 2.82. The number of anilines is 1. The second-order valence-electron chi connectivity index (χ2n) is 5.84. The number of urea groups is 1. The summed E-state index contributed by atoms with van der Waals surface area (Å²) in [6.07, 6.45) is 0. The van der Waals surface area contributed by atoms with Gasteiger partial charge in [-0.1, -0.05) is 0 Å². The van der Waals surface area contributed by atoms with Crippen LogP contribution in [-0.4, -0.2) is 49.3 Å². The van der Waals surface area contributed by atoms with Gasteiger partial charge < -0.3 is 15.4 Å². The highest BCUT2D eigenvalue weighted by atomic mass is 79.9. The molecule has 2 rings (SSSR count). The number of carbonyl (C=O) groups is 1. The van der Waals surface area contributed by atoms with E-state index in [2.05, 4.69) is 45.3 Å². The topological polar surface area (TPSA) is 53.6 Å². The van der Waals surface area contributed by atoms with E-state index in [0.717, 1.165) is 26.3 Å². The first-order chi connectivity index (χ1) is 10.4. The molecule has 1 heterocycles. The fourth-order valence-electron chi connectivity index (χ4n) is 2.33. The summed E-state index contributed by atoms with van der Waals surface area (Å²) in [5, 5.41) is 5.57. The predicted molar refractivity (Wildman–Crippen MR) is 87.6 cm³/mol. The summed E-state index contributed by atoms with van der Waals surface area (Å²) < 4.78 is 18.9. The number of nitrogens with one attached hydrogen (secondary N) is 2. The first-order valence-electron chi connectivity index (χ1n) is 7.21. The number of amides is 2. The van der Waals surface area contributed by atoms with Crippen molar-refractivity contribution in [2.45, 2.75) is 19.4 Å². The van der Waals surface area contributed by atoms with Crippen molar-refractivity contribution < 1.29 is 13.9 Å². The minimum atomic E-state index is -0.355. The molecular formula is C15H21BrFN3O2. The van der Waals surface area contributed by atoms with E-state index in [4.69, 9.17) is 4.74 Å². The highest BCUT2D eigenvalue weighted by molar-refractivity contribution is 9.10. The van der Waals surface area contributed by atoms with Crippen LogP contribution in [0.2, 0.25) is 0 Å². The Labute approximate surface area is 138 Å². The van der Waals surface area contributed by atoms with E-state index in [9.17, 15) is 9.18 Å². The highest BCUT2D eigenvalue weighted by Crippen LogP contribution is 2.23. The van der Waals surface area contributed by atoms with E-state index in [1.54, 1.807) is 0 Å². The van der Waals surface area contributed by atoms with Crippen molar-refractivity contribution in [1.82, 2.24) is 10.2 Å². The zero-order chi connectivity index (χ0) is 16.2. The highest BCUT2D eigenvalue weighted by Gasteiger charge is 2.28. The van der Waals surface area contributed by atoms with Gasteiger partial charge in [0.05, 0.1) is 18.9 Å². The molecule has 0 aliphatic carbocycles. The fourth-order valence-corrected chi connectivity index (χ4v) is 2.78. The van der Waals surface area contributed by atoms with Gasteiger partial charge in [-0.15, -0.1) is 0 Å². The van der Waals surface area contributed by atoms with E-state index >= 15 is 0 Å². The van der Waals surface area contributed by atoms with Gasteiger partial charge >= 0.3 is 6.03 Å². The van der Waals surface area contributed by atoms with E-state index < -0.39 is 0 Å². The Hall–Kier alpha value is -1.18. The third-order valence-corrected chi connectivity index (χ3v) is 4.38. The fraction of sp³-hybridized carbons (Fsp3) is 0.533. The van der Waals surface area contributed by atoms with Gasteiger partial charge in [0.15, 0.2) is 0 Å². The molecule has 1 aliphatic rings. The lowest BCUT2D eigenvalue weighted by atomic mass is 10.0. The number of hydrogen-bond donors (Lipinski definition) is 2. The lowest BCUT2D eigenvalue weighted by Crippen LogP contribution is -2.55. The average molecular weight is 374 g/mol. The minimum Gasteiger partial charge on any atom is -0.379 e. The van der Waals surface area contributed by atoms with Crippen molar-refractivity contribution in [3.05, 3.63) is 28.5 Å². The Bertz CT molecular complexity index is 534. The number of carbonyl (C=O) groups excluding carboxylic acids is 1. The summed E-state index contributed by atoms with van der Waals surface area (Å²) in [4.78, 5) is 14.3. The van der Waals surface area contributed by atoms with E-state index in [1.165, 1.54) is 18.2 Å². The molecule has 1 aromatic carbocycles. The molecule has 1 aromatic rings. The molecule has 2 N–H and O–H groups in total. The molecule has 0 bridgehead atoms. The van der Waals surface area contributed by atoms with Crippen LogP contribution in [0.5, 0.6) is 0 Å². The van der Waals surface area contributed by atoms with Gasteiger partial charge in [0.25, 0.3) is 0 Å². The Morgan fingerprint density at radius 1 is 1.41 bits per heavy atom. The third-order valence-electron chi connectivity index (χ3n) is 3.73. The van der Waals surface area contributed by atoms with Crippen LogP contribution < -0.4 is 10.6 Å². The lowest BCUT2D eigenvalue weighted by molar-refractivity contribution is -0.00863. The first kappa shape index (κ1) is 17.2. The second-order valence-corrected chi connectivity index (χ2v) is 6.70. The van der Waals surface area contributed by atoms with Gasteiger partial charge in [0.2, 0.25) is 0 Å². The number of halogens is 2. The van der Waals surface area contributed by atoms with Crippen molar-refractivity contribution >= 4 is 27.6 Å². The standard InChI is InChI=1S/C15H21BrFN3O2/c1-15(2,20-5-7-22-8-6-20)10-18-14(21)19-13-4-3-11(17)9-12(13)16/h3-4,9H,5-8,10H2,1-2H3,(H2,18,19,21). The Morgan fingerprint density at radius 2 is 2.09 bits per heavy atom. The summed E-state index contributed by atoms with van der Waals surface area (Å²) in [5.74, 6) is -0.355. The molecule has 0 saturated carbocycles. The van der Waals surface area contributed by atoms with Gasteiger partial charge in [-0.2, -0.15) is 0 Å². The molecular weight excluding hydrogens is 353 g/mol. The minimum absolute atomic E-state index is 0.152. The number of hydrogen-bond acceptors (Lipinski definition) is 3. The summed E-state index contributed by atoms with van der Waals surface area (Å²) in [5.41, 5.74) is 0.379. The van der Waals surface area contributed by atoms with Crippen molar-refractivity contribution in [3.63, 3.8) is 0 Å². The normalized spacial score (nSPS) is 16.4. The molecule has 0 atom stereocenters. The number of ether oxygens (including phenoxy) is 1. The number of benzene rings is 1. The van der Waals surface area contributed by atoms with Crippen LogP contribution in [0.1, 0.15) is 13.8 Å². The Balaban J connectivity index is 1.86. The summed E-state index contributed by atoms with van der Waals surface area (Å²) in [6.45, 7) is 7.85. The van der Waals surface area contributed by atoms with Gasteiger partial charge in [-0.25, -0.2) is 9.18 Å². The Morgan fingerprint density at radius 3 is 2.73 bits per heavy atom. The molecule has 7 heteroatoms. The summed E-state index contributed by atoms with van der Waals surface area (Å²) in [7, 11) is 0. The van der Waals surface area contributed by atoms with Gasteiger partial charge in [0, 0.05) is 29.6 Å². The second kappa shape index (κ2) is 7.39. The third kappa shape index (κ3) is 4.66. The van der Waals surface area contributed by atoms with Crippen molar-refractivity contribution in [3.8, 4) is 0 Å². The van der Waals surface area contributed by atoms with Crippen molar-refractivity contribution in [1.29, 1.82) is 0 Å². The average Bonchev–Trinajstić information content (AvgIpc) is 2.49. The first-order valence-corrected chi connectivity index (χ1v) is 8.00. The van der Waals surface area contributed by atoms with E-state index in [0.29, 0.717) is 16.7 Å². The SMILES string of the molecule is CC(C)(CNC(=O)Nc1ccc(F)cc1Br)N1CCOCC1. The summed E-state index contributed by atoms with van der Waals surface area (Å²) in [6, 6.07) is 3.82. The van der Waals surface area contributed by atoms with Crippen LogP contribution in [0.25, 0.3) is 0 Å². The molecule has 0 radical (unpaired) electrons. The summed E-state index contributed by atoms with van der Waals surface area (Å²) >= 11 is 3.22. The van der Waals surface area contributed by atoms with Crippen molar-refractivity contribution in [2.24, 2.45) is 0 Å². The Kier molecular flexibility index (Phi) is 5.77. The molecule has 0 unspecified atom stereocenters. The molecule has 1 fully saturated rings. The van der Waals surface area contributed by atoms with Gasteiger partial charge in [0.1, 0.15) is 5.82 Å². The maximum Gasteiger partial charge on any atom is 0.319 e. The largest absolute Gasteiger partial charge is 0.379 e. The van der Waals surface area contributed by atoms with Crippen LogP contribution in [0.15, 0.2) is 22.7 Å². The molecule has 2 amide bonds. The quantitative estimate of drug-likeness (QED) is 0.852. The zero-order valence-corrected chi connectivity index (χ0v) is 14.4. The van der Waals surface area contributed by atoms with Crippen LogP contribution >= 0.6 is 15.9 Å². The van der Waals surface area contributed by atoms with E-state index in [1.807, 2.05) is 0 Å². The number of nitrogens with zero attached hydrogens (tertiary/aromatic N) is 1. The maximum atomic E-state index is 13.0. The lowest BCUT2D eigenvalue weighted by Gasteiger charge is -2.40. The molecule has 22 heavy (non-hydrogen) atoms. The van der Waals surface area contributed by atoms with Crippen LogP contribution in [0.3, 0.4) is 0 Å². The van der Waals surface area contributed by atoms with Gasteiger partial charge in [-0.05, 0) is 48.0 Å². The van der Waals surface area contributed by atoms with Crippen molar-refractivity contribution in [2.75, 3.05) is 38.2 Å². The van der Waals surface area contributed by atoms with Crippen LogP contribution in [-0.2, 0) is 4.74 Å². The molecule has 5 nitrogen and oxygen atoms in total. The molecule has 122 valence electrons. The number of morpholine rings is 1. The number of rotatable bonds is 4. The molecule has 0 spiro atoms. The van der Waals surface area contributed by atoms with Gasteiger partial charge in [-0.3, -0.25) is 4.90 Å².